The number of carbonyl (C=O) groups excluding carboxylic acids is 1. The third kappa shape index (κ3) is 2.72. The van der Waals surface area contributed by atoms with Gasteiger partial charge in [-0.1, -0.05) is 0 Å². The summed E-state index contributed by atoms with van der Waals surface area (Å²) in [5, 5.41) is 12.8. The molecule has 0 aliphatic rings. The summed E-state index contributed by atoms with van der Waals surface area (Å²) in [6.45, 7) is 5.64. The van der Waals surface area contributed by atoms with Crippen molar-refractivity contribution in [2.45, 2.75) is 26.9 Å². The summed E-state index contributed by atoms with van der Waals surface area (Å²) in [7, 11) is 0. The highest BCUT2D eigenvalue weighted by Gasteiger charge is 2.23. The Morgan fingerprint density at radius 2 is 2.30 bits per heavy atom. The molecule has 0 unspecified atom stereocenters. The number of fused-ring (bicyclic) bond motifs is 1. The summed E-state index contributed by atoms with van der Waals surface area (Å²) >= 11 is 0. The van der Waals surface area contributed by atoms with Crippen LogP contribution in [-0.2, 0) is 4.74 Å². The quantitative estimate of drug-likeness (QED) is 0.800. The normalized spacial score (nSPS) is 12.4. The Morgan fingerprint density at radius 3 is 2.95 bits per heavy atom. The predicted molar refractivity (Wildman–Crippen MR) is 72.7 cm³/mol. The monoisotopic (exact) mass is 279 g/mol. The van der Waals surface area contributed by atoms with E-state index < -0.39 is 12.1 Å². The number of aromatic nitrogens is 2. The maximum atomic E-state index is 12.0. The summed E-state index contributed by atoms with van der Waals surface area (Å²) in [5.41, 5.74) is 0.629. The van der Waals surface area contributed by atoms with E-state index in [0.29, 0.717) is 34.8 Å². The molecule has 20 heavy (non-hydrogen) atoms. The van der Waals surface area contributed by atoms with Gasteiger partial charge in [0, 0.05) is 6.54 Å². The average molecular weight is 279 g/mol. The van der Waals surface area contributed by atoms with Crippen LogP contribution < -0.4 is 5.32 Å². The number of hydrogen-bond acceptors (Lipinski definition) is 7. The molecule has 2 heterocycles. The van der Waals surface area contributed by atoms with E-state index in [1.54, 1.807) is 20.8 Å². The van der Waals surface area contributed by atoms with E-state index in [-0.39, 0.29) is 6.61 Å². The van der Waals surface area contributed by atoms with Crippen molar-refractivity contribution in [3.8, 4) is 0 Å². The molecule has 108 valence electrons. The minimum Gasteiger partial charge on any atom is -0.462 e. The van der Waals surface area contributed by atoms with E-state index in [0.717, 1.165) is 0 Å². The number of aryl methyl sites for hydroxylation is 1. The van der Waals surface area contributed by atoms with Gasteiger partial charge in [-0.2, -0.15) is 0 Å². The number of furan rings is 1. The number of carbonyl (C=O) groups is 1. The summed E-state index contributed by atoms with van der Waals surface area (Å²) in [6.07, 6.45) is 0.795. The summed E-state index contributed by atoms with van der Waals surface area (Å²) < 4.78 is 10.5. The van der Waals surface area contributed by atoms with Gasteiger partial charge in [-0.25, -0.2) is 14.8 Å². The standard InChI is InChI=1S/C13H17N3O4/c1-4-19-13(18)9-8(3)20-12-10(9)11(15-6-16-12)14-5-7(2)17/h6-7,17H,4-5H2,1-3H3,(H,14,15,16)/t7-/m1/s1. The van der Waals surface area contributed by atoms with Gasteiger partial charge in [0.1, 0.15) is 23.5 Å². The largest absolute Gasteiger partial charge is 0.462 e. The molecule has 0 saturated heterocycles. The Balaban J connectivity index is 2.50. The Kier molecular flexibility index (Phi) is 4.19. The lowest BCUT2D eigenvalue weighted by Crippen LogP contribution is -2.16. The highest BCUT2D eigenvalue weighted by molar-refractivity contribution is 6.07. The Morgan fingerprint density at radius 1 is 1.55 bits per heavy atom. The molecule has 2 aromatic rings. The van der Waals surface area contributed by atoms with E-state index in [4.69, 9.17) is 9.15 Å². The molecule has 2 aromatic heterocycles. The third-order valence-electron chi connectivity index (χ3n) is 2.71. The lowest BCUT2D eigenvalue weighted by atomic mass is 10.2. The van der Waals surface area contributed by atoms with Crippen molar-refractivity contribution in [3.63, 3.8) is 0 Å². The third-order valence-corrected chi connectivity index (χ3v) is 2.71. The molecular formula is C13H17N3O4. The SMILES string of the molecule is CCOC(=O)c1c(C)oc2ncnc(NC[C@@H](C)O)c12. The average Bonchev–Trinajstić information content (AvgIpc) is 2.73. The minimum absolute atomic E-state index is 0.273. The van der Waals surface area contributed by atoms with Crippen LogP contribution >= 0.6 is 0 Å². The van der Waals surface area contributed by atoms with E-state index >= 15 is 0 Å². The second kappa shape index (κ2) is 5.87. The summed E-state index contributed by atoms with van der Waals surface area (Å²) in [5.74, 6) is 0.397. The second-order valence-corrected chi connectivity index (χ2v) is 4.39. The molecule has 0 aliphatic heterocycles. The van der Waals surface area contributed by atoms with Gasteiger partial charge in [0.15, 0.2) is 0 Å². The first kappa shape index (κ1) is 14.3. The molecule has 0 aromatic carbocycles. The number of esters is 1. The van der Waals surface area contributed by atoms with Gasteiger partial charge in [0.25, 0.3) is 0 Å². The van der Waals surface area contributed by atoms with Gasteiger partial charge < -0.3 is 19.6 Å². The molecule has 0 fully saturated rings. The lowest BCUT2D eigenvalue weighted by Gasteiger charge is -2.08. The lowest BCUT2D eigenvalue weighted by molar-refractivity contribution is 0.0526. The number of anilines is 1. The number of ether oxygens (including phenoxy) is 1. The van der Waals surface area contributed by atoms with E-state index in [1.165, 1.54) is 6.33 Å². The molecule has 0 bridgehead atoms. The number of hydrogen-bond donors (Lipinski definition) is 2. The van der Waals surface area contributed by atoms with Crippen molar-refractivity contribution in [3.05, 3.63) is 17.7 Å². The van der Waals surface area contributed by atoms with Crippen LogP contribution in [0, 0.1) is 6.92 Å². The van der Waals surface area contributed by atoms with Crippen LogP contribution in [0.4, 0.5) is 5.82 Å². The van der Waals surface area contributed by atoms with Crippen molar-refractivity contribution in [1.29, 1.82) is 0 Å². The zero-order chi connectivity index (χ0) is 14.7. The van der Waals surface area contributed by atoms with Gasteiger partial charge in [0.05, 0.1) is 18.1 Å². The van der Waals surface area contributed by atoms with E-state index in [9.17, 15) is 9.90 Å². The van der Waals surface area contributed by atoms with Crippen LogP contribution in [0.2, 0.25) is 0 Å². The Labute approximate surface area is 116 Å². The summed E-state index contributed by atoms with van der Waals surface area (Å²) in [4.78, 5) is 20.1. The van der Waals surface area contributed by atoms with Crippen molar-refractivity contribution in [2.75, 3.05) is 18.5 Å². The van der Waals surface area contributed by atoms with Crippen LogP contribution in [0.5, 0.6) is 0 Å². The number of aliphatic hydroxyl groups is 1. The van der Waals surface area contributed by atoms with Crippen LogP contribution in [0.15, 0.2) is 10.7 Å². The molecule has 0 saturated carbocycles. The maximum absolute atomic E-state index is 12.0. The minimum atomic E-state index is -0.543. The first-order chi connectivity index (χ1) is 9.54. The molecule has 0 aliphatic carbocycles. The Bertz CT molecular complexity index is 621. The van der Waals surface area contributed by atoms with Crippen molar-refractivity contribution < 1.29 is 19.1 Å². The van der Waals surface area contributed by atoms with Crippen molar-refractivity contribution in [1.82, 2.24) is 9.97 Å². The maximum Gasteiger partial charge on any atom is 0.342 e. The fourth-order valence-corrected chi connectivity index (χ4v) is 1.87. The molecule has 0 spiro atoms. The van der Waals surface area contributed by atoms with Crippen LogP contribution in [0.3, 0.4) is 0 Å². The first-order valence-corrected chi connectivity index (χ1v) is 6.37. The molecule has 7 nitrogen and oxygen atoms in total. The highest BCUT2D eigenvalue weighted by atomic mass is 16.5. The van der Waals surface area contributed by atoms with Gasteiger partial charge in [-0.3, -0.25) is 0 Å². The highest BCUT2D eigenvalue weighted by Crippen LogP contribution is 2.29. The van der Waals surface area contributed by atoms with E-state index in [1.807, 2.05) is 0 Å². The zero-order valence-corrected chi connectivity index (χ0v) is 11.6. The molecule has 2 N–H and O–H groups in total. The molecule has 0 amide bonds. The van der Waals surface area contributed by atoms with Gasteiger partial charge in [-0.15, -0.1) is 0 Å². The van der Waals surface area contributed by atoms with Crippen LogP contribution in [0.25, 0.3) is 11.1 Å². The molecule has 0 radical (unpaired) electrons. The predicted octanol–water partition coefficient (Wildman–Crippen LogP) is 1.50. The number of nitrogens with one attached hydrogen (secondary N) is 1. The van der Waals surface area contributed by atoms with Gasteiger partial charge >= 0.3 is 5.97 Å². The molecular weight excluding hydrogens is 262 g/mol. The molecule has 7 heteroatoms. The fraction of sp³-hybridized carbons (Fsp3) is 0.462. The fourth-order valence-electron chi connectivity index (χ4n) is 1.87. The first-order valence-electron chi connectivity index (χ1n) is 6.37. The van der Waals surface area contributed by atoms with Crippen molar-refractivity contribution in [2.24, 2.45) is 0 Å². The zero-order valence-electron chi connectivity index (χ0n) is 11.6. The van der Waals surface area contributed by atoms with Gasteiger partial charge in [0.2, 0.25) is 5.71 Å². The Hall–Kier alpha value is -2.15. The number of nitrogens with zero attached hydrogens (tertiary/aromatic N) is 2. The smallest absolute Gasteiger partial charge is 0.342 e. The number of aliphatic hydroxyl groups excluding tert-OH is 1. The number of rotatable bonds is 5. The molecule has 1 atom stereocenters. The van der Waals surface area contributed by atoms with E-state index in [2.05, 4.69) is 15.3 Å². The van der Waals surface area contributed by atoms with Crippen LogP contribution in [0.1, 0.15) is 30.0 Å². The second-order valence-electron chi connectivity index (χ2n) is 4.39. The van der Waals surface area contributed by atoms with Crippen molar-refractivity contribution >= 4 is 22.9 Å². The molecule has 2 rings (SSSR count). The topological polar surface area (TPSA) is 97.5 Å². The summed E-state index contributed by atoms with van der Waals surface area (Å²) in [6, 6.07) is 0. The van der Waals surface area contributed by atoms with Crippen LogP contribution in [-0.4, -0.2) is 40.3 Å². The van der Waals surface area contributed by atoms with Gasteiger partial charge in [-0.05, 0) is 20.8 Å².